The zero-order valence-electron chi connectivity index (χ0n) is 16.2. The maximum atomic E-state index is 12.5. The highest BCUT2D eigenvalue weighted by Gasteiger charge is 2.28. The minimum Gasteiger partial charge on any atom is -0.484 e. The van der Waals surface area contributed by atoms with Crippen LogP contribution < -0.4 is 10.1 Å². The molecule has 1 saturated heterocycles. The molecular formula is C22H24N4O3. The number of carbonyl (C=O) groups is 1. The molecule has 0 aliphatic carbocycles. The predicted molar refractivity (Wildman–Crippen MR) is 107 cm³/mol. The monoisotopic (exact) mass is 392 g/mol. The van der Waals surface area contributed by atoms with Gasteiger partial charge in [0.25, 0.3) is 5.89 Å². The molecule has 0 bridgehead atoms. The lowest BCUT2D eigenvalue weighted by atomic mass is 9.98. The van der Waals surface area contributed by atoms with Gasteiger partial charge in [0, 0.05) is 19.6 Å². The topological polar surface area (TPSA) is 80.5 Å². The maximum Gasteiger partial charge on any atom is 0.317 e. The van der Waals surface area contributed by atoms with Crippen molar-refractivity contribution in [1.82, 2.24) is 20.4 Å². The van der Waals surface area contributed by atoms with Crippen LogP contribution >= 0.6 is 0 Å². The summed E-state index contributed by atoms with van der Waals surface area (Å²) in [6, 6.07) is 19.3. The molecule has 1 aliphatic heterocycles. The van der Waals surface area contributed by atoms with Crippen molar-refractivity contribution in [3.8, 4) is 5.75 Å². The Morgan fingerprint density at radius 3 is 2.66 bits per heavy atom. The molecule has 4 rings (SSSR count). The van der Waals surface area contributed by atoms with Gasteiger partial charge in [0.2, 0.25) is 5.89 Å². The van der Waals surface area contributed by atoms with E-state index in [1.165, 1.54) is 0 Å². The number of rotatable bonds is 6. The lowest BCUT2D eigenvalue weighted by Gasteiger charge is -2.31. The molecule has 1 unspecified atom stereocenters. The number of aromatic nitrogens is 2. The molecule has 0 saturated carbocycles. The van der Waals surface area contributed by atoms with Crippen molar-refractivity contribution in [2.45, 2.75) is 31.9 Å². The van der Waals surface area contributed by atoms with Crippen molar-refractivity contribution in [3.05, 3.63) is 78.0 Å². The molecule has 7 nitrogen and oxygen atoms in total. The van der Waals surface area contributed by atoms with E-state index in [2.05, 4.69) is 15.5 Å². The van der Waals surface area contributed by atoms with Crippen LogP contribution in [-0.2, 0) is 13.2 Å². The number of hydrogen-bond donors (Lipinski definition) is 1. The predicted octanol–water partition coefficient (Wildman–Crippen LogP) is 3.74. The number of carbonyl (C=O) groups excluding carboxylic acids is 1. The van der Waals surface area contributed by atoms with Gasteiger partial charge in [0.05, 0.1) is 5.92 Å². The number of hydrogen-bond acceptors (Lipinski definition) is 5. The van der Waals surface area contributed by atoms with E-state index in [0.29, 0.717) is 24.9 Å². The lowest BCUT2D eigenvalue weighted by Crippen LogP contribution is -2.44. The molecule has 2 amide bonds. The summed E-state index contributed by atoms with van der Waals surface area (Å²) in [5.74, 6) is 1.81. The first kappa shape index (κ1) is 19.0. The molecule has 1 N–H and O–H groups in total. The average molecular weight is 392 g/mol. The summed E-state index contributed by atoms with van der Waals surface area (Å²) >= 11 is 0. The number of nitrogens with one attached hydrogen (secondary N) is 1. The van der Waals surface area contributed by atoms with E-state index in [0.717, 1.165) is 30.7 Å². The normalized spacial score (nSPS) is 16.4. The Hall–Kier alpha value is -3.35. The van der Waals surface area contributed by atoms with Gasteiger partial charge >= 0.3 is 6.03 Å². The minimum absolute atomic E-state index is 0.0456. The Morgan fingerprint density at radius 1 is 1.10 bits per heavy atom. The van der Waals surface area contributed by atoms with Gasteiger partial charge in [-0.05, 0) is 30.5 Å². The largest absolute Gasteiger partial charge is 0.484 e. The number of piperidine rings is 1. The third-order valence-electron chi connectivity index (χ3n) is 4.93. The van der Waals surface area contributed by atoms with Gasteiger partial charge in [0.15, 0.2) is 6.61 Å². The molecule has 3 aromatic rings. The summed E-state index contributed by atoms with van der Waals surface area (Å²) in [5, 5.41) is 11.3. The zero-order valence-corrected chi connectivity index (χ0v) is 16.2. The van der Waals surface area contributed by atoms with E-state index in [1.807, 2.05) is 65.6 Å². The summed E-state index contributed by atoms with van der Waals surface area (Å²) in [4.78, 5) is 14.4. The first-order valence-corrected chi connectivity index (χ1v) is 9.85. The number of likely N-dealkylation sites (tertiary alicyclic amines) is 1. The molecule has 0 spiro atoms. The quantitative estimate of drug-likeness (QED) is 0.691. The summed E-state index contributed by atoms with van der Waals surface area (Å²) < 4.78 is 11.5. The molecule has 1 fully saturated rings. The fourth-order valence-electron chi connectivity index (χ4n) is 3.40. The second-order valence-electron chi connectivity index (χ2n) is 7.07. The fourth-order valence-corrected chi connectivity index (χ4v) is 3.40. The summed E-state index contributed by atoms with van der Waals surface area (Å²) in [7, 11) is 0. The highest BCUT2D eigenvalue weighted by atomic mass is 16.5. The minimum atomic E-state index is -0.0642. The van der Waals surface area contributed by atoms with Crippen molar-refractivity contribution >= 4 is 6.03 Å². The van der Waals surface area contributed by atoms with Crippen molar-refractivity contribution in [1.29, 1.82) is 0 Å². The van der Waals surface area contributed by atoms with Crippen LogP contribution in [0.1, 0.15) is 36.1 Å². The zero-order chi connectivity index (χ0) is 19.9. The number of nitrogens with zero attached hydrogens (tertiary/aromatic N) is 3. The Morgan fingerprint density at radius 2 is 1.86 bits per heavy atom. The molecule has 2 heterocycles. The first-order valence-electron chi connectivity index (χ1n) is 9.85. The number of urea groups is 1. The van der Waals surface area contributed by atoms with Crippen molar-refractivity contribution in [2.75, 3.05) is 13.1 Å². The number of ether oxygens (including phenoxy) is 1. The van der Waals surface area contributed by atoms with E-state index in [9.17, 15) is 4.79 Å². The molecule has 29 heavy (non-hydrogen) atoms. The first-order chi connectivity index (χ1) is 14.3. The van der Waals surface area contributed by atoms with E-state index < -0.39 is 0 Å². The Kier molecular flexibility index (Phi) is 6.04. The molecule has 0 radical (unpaired) electrons. The van der Waals surface area contributed by atoms with Gasteiger partial charge in [-0.1, -0.05) is 48.5 Å². The van der Waals surface area contributed by atoms with Gasteiger partial charge < -0.3 is 19.4 Å². The highest BCUT2D eigenvalue weighted by molar-refractivity contribution is 5.74. The van der Waals surface area contributed by atoms with Crippen LogP contribution in [0.4, 0.5) is 4.79 Å². The molecular weight excluding hydrogens is 368 g/mol. The number of benzene rings is 2. The molecule has 1 aromatic heterocycles. The van der Waals surface area contributed by atoms with Crippen molar-refractivity contribution in [2.24, 2.45) is 0 Å². The molecule has 2 aromatic carbocycles. The van der Waals surface area contributed by atoms with Gasteiger partial charge in [-0.2, -0.15) is 0 Å². The highest BCUT2D eigenvalue weighted by Crippen LogP contribution is 2.26. The summed E-state index contributed by atoms with van der Waals surface area (Å²) in [6.07, 6.45) is 1.82. The molecule has 1 aliphatic rings. The van der Waals surface area contributed by atoms with Crippen molar-refractivity contribution < 1.29 is 13.9 Å². The van der Waals surface area contributed by atoms with Crippen LogP contribution in [0.15, 0.2) is 65.1 Å². The van der Waals surface area contributed by atoms with Gasteiger partial charge in [0.1, 0.15) is 5.75 Å². The van der Waals surface area contributed by atoms with Crippen LogP contribution in [-0.4, -0.2) is 34.2 Å². The summed E-state index contributed by atoms with van der Waals surface area (Å²) in [5.41, 5.74) is 1.08. The average Bonchev–Trinajstić information content (AvgIpc) is 3.27. The van der Waals surface area contributed by atoms with E-state index >= 15 is 0 Å². The van der Waals surface area contributed by atoms with Gasteiger partial charge in [-0.15, -0.1) is 10.2 Å². The molecule has 1 atom stereocenters. The SMILES string of the molecule is O=C(NCc1ccccc1)N1CCCC(c2nnc(COc3ccccc3)o2)C1. The fraction of sp³-hybridized carbons (Fsp3) is 0.318. The molecule has 150 valence electrons. The third-order valence-corrected chi connectivity index (χ3v) is 4.93. The second kappa shape index (κ2) is 9.23. The van der Waals surface area contributed by atoms with E-state index in [4.69, 9.17) is 9.15 Å². The van der Waals surface area contributed by atoms with Crippen LogP contribution in [0.5, 0.6) is 5.75 Å². The van der Waals surface area contributed by atoms with Gasteiger partial charge in [-0.3, -0.25) is 0 Å². The van der Waals surface area contributed by atoms with Gasteiger partial charge in [-0.25, -0.2) is 4.79 Å². The standard InChI is InChI=1S/C22H24N4O3/c27-22(23-14-17-8-3-1-4-9-17)26-13-7-10-18(15-26)21-25-24-20(29-21)16-28-19-11-5-2-6-12-19/h1-6,8-9,11-12,18H,7,10,13-16H2,(H,23,27). The second-order valence-corrected chi connectivity index (χ2v) is 7.07. The number of amides is 2. The Bertz CT molecular complexity index is 914. The molecule has 7 heteroatoms. The smallest absolute Gasteiger partial charge is 0.317 e. The van der Waals surface area contributed by atoms with E-state index in [-0.39, 0.29) is 18.6 Å². The van der Waals surface area contributed by atoms with E-state index in [1.54, 1.807) is 0 Å². The Balaban J connectivity index is 1.30. The van der Waals surface area contributed by atoms with Crippen molar-refractivity contribution in [3.63, 3.8) is 0 Å². The number of para-hydroxylation sites is 1. The van der Waals surface area contributed by atoms with Crippen LogP contribution in [0, 0.1) is 0 Å². The Labute approximate surface area is 169 Å². The van der Waals surface area contributed by atoms with Crippen LogP contribution in [0.3, 0.4) is 0 Å². The summed E-state index contributed by atoms with van der Waals surface area (Å²) in [6.45, 7) is 2.05. The van der Waals surface area contributed by atoms with Crippen LogP contribution in [0.2, 0.25) is 0 Å². The third kappa shape index (κ3) is 5.13. The maximum absolute atomic E-state index is 12.5. The van der Waals surface area contributed by atoms with Crippen LogP contribution in [0.25, 0.3) is 0 Å². The lowest BCUT2D eigenvalue weighted by molar-refractivity contribution is 0.172.